The second-order valence-electron chi connectivity index (χ2n) is 16.4. The first-order valence-electron chi connectivity index (χ1n) is 27.6. The number of carbonyl (C=O) groups excluding carboxylic acids is 5. The van der Waals surface area contributed by atoms with Crippen LogP contribution in [0.3, 0.4) is 0 Å². The van der Waals surface area contributed by atoms with Gasteiger partial charge in [-0.15, -0.1) is 0 Å². The Hall–Kier alpha value is -7.79. The number of unbranched alkanes of at least 4 members (excludes halogenated alkanes) is 4. The number of rotatable bonds is 59. The van der Waals surface area contributed by atoms with Crippen molar-refractivity contribution in [2.45, 2.75) is 38.5 Å². The van der Waals surface area contributed by atoms with Crippen molar-refractivity contribution in [3.63, 3.8) is 0 Å². The quantitative estimate of drug-likeness (QED) is 0.0420. The normalized spacial score (nSPS) is 9.38. The van der Waals surface area contributed by atoms with Crippen LogP contribution in [0, 0.1) is 0 Å². The lowest BCUT2D eigenvalue weighted by Crippen LogP contribution is -2.22. The van der Waals surface area contributed by atoms with Gasteiger partial charge in [0.1, 0.15) is 0 Å². The molecule has 0 saturated carbocycles. The van der Waals surface area contributed by atoms with E-state index in [1.54, 1.807) is 73.1 Å². The molecule has 0 spiro atoms. The summed E-state index contributed by atoms with van der Waals surface area (Å²) >= 11 is 0. The lowest BCUT2D eigenvalue weighted by molar-refractivity contribution is -0.117. The molecule has 474 valence electrons. The number of hydrogen-bond donors (Lipinski definition) is 0. The molecule has 84 heavy (non-hydrogen) atoms. The average Bonchev–Trinajstić information content (AvgIpc) is 3.53. The van der Waals surface area contributed by atoms with E-state index in [-0.39, 0.29) is 0 Å². The smallest absolute Gasteiger partial charge is 0.213 e. The monoisotopic (exact) mass is 1180 g/mol. The van der Waals surface area contributed by atoms with Gasteiger partial charge in [-0.25, -0.2) is 0 Å². The minimum absolute atomic E-state index is 0.462. The summed E-state index contributed by atoms with van der Waals surface area (Å²) in [5, 5.41) is 0. The molecule has 0 heterocycles. The third-order valence-corrected chi connectivity index (χ3v) is 10.9. The van der Waals surface area contributed by atoms with E-state index in [2.05, 4.69) is 98.7 Å². The molecule has 0 bridgehead atoms. The van der Waals surface area contributed by atoms with E-state index in [4.69, 9.17) is 28.4 Å². The molecule has 5 amide bonds. The fourth-order valence-corrected chi connectivity index (χ4v) is 5.74. The van der Waals surface area contributed by atoms with Crippen LogP contribution in [0.25, 0.3) is 0 Å². The second-order valence-corrected chi connectivity index (χ2v) is 16.4. The Labute approximate surface area is 506 Å². The Morgan fingerprint density at radius 3 is 0.500 bits per heavy atom. The molecule has 0 fully saturated rings. The highest BCUT2D eigenvalue weighted by atomic mass is 16.5. The molecular formula is C63H106N10O11. The van der Waals surface area contributed by atoms with Crippen molar-refractivity contribution >= 4 is 32.1 Å². The van der Waals surface area contributed by atoms with Gasteiger partial charge in [-0.3, -0.25) is 24.0 Å². The van der Waals surface area contributed by atoms with Crippen LogP contribution in [-0.2, 0) is 52.4 Å². The van der Waals surface area contributed by atoms with E-state index in [0.717, 1.165) is 97.0 Å². The Balaban J connectivity index is -0.000000312. The minimum atomic E-state index is 0.462. The van der Waals surface area contributed by atoms with E-state index < -0.39 is 0 Å². The molecule has 0 N–H and O–H groups in total. The molecule has 0 rings (SSSR count). The van der Waals surface area contributed by atoms with Gasteiger partial charge in [-0.2, -0.15) is 0 Å². The summed E-state index contributed by atoms with van der Waals surface area (Å²) in [7, 11) is 0. The van der Waals surface area contributed by atoms with Gasteiger partial charge in [0.25, 0.3) is 0 Å². The summed E-state index contributed by atoms with van der Waals surface area (Å²) in [5.41, 5.74) is 0. The van der Waals surface area contributed by atoms with Crippen LogP contribution in [0.15, 0.2) is 192 Å². The highest BCUT2D eigenvalue weighted by molar-refractivity contribution is 5.50. The van der Waals surface area contributed by atoms with Crippen molar-refractivity contribution in [1.82, 2.24) is 49.0 Å². The molecule has 0 atom stereocenters. The fourth-order valence-electron chi connectivity index (χ4n) is 5.74. The van der Waals surface area contributed by atoms with Crippen LogP contribution in [0.4, 0.5) is 0 Å². The highest BCUT2D eigenvalue weighted by Gasteiger charge is 2.02. The Kier molecular flexibility index (Phi) is 72.2. The van der Waals surface area contributed by atoms with E-state index in [9.17, 15) is 24.0 Å². The first kappa shape index (κ1) is 85.0. The maximum atomic E-state index is 10.5. The highest BCUT2D eigenvalue weighted by Crippen LogP contribution is 2.04. The van der Waals surface area contributed by atoms with Crippen molar-refractivity contribution < 1.29 is 52.4 Å². The molecule has 0 aromatic rings. The van der Waals surface area contributed by atoms with Gasteiger partial charge in [-0.1, -0.05) is 112 Å². The first-order valence-corrected chi connectivity index (χ1v) is 27.6. The largest absolute Gasteiger partial charge is 0.378 e. The summed E-state index contributed by atoms with van der Waals surface area (Å²) in [4.78, 5) is 68.9. The molecule has 0 aromatic heterocycles. The molecule has 21 heteroatoms. The van der Waals surface area contributed by atoms with Crippen LogP contribution in [-0.4, -0.2) is 226 Å². The fraction of sp³-hybridized carbons (Fsp3) is 0.444. The van der Waals surface area contributed by atoms with E-state index in [0.29, 0.717) is 118 Å². The molecule has 0 radical (unpaired) electrons. The predicted molar refractivity (Wildman–Crippen MR) is 343 cm³/mol. The standard InChI is InChI=1S/C15H26N2O4.C13H22N2O3.C13H22N2O.C11H18N2O2.C11H18N2O/c1-4-16(5-2)7-9-19-11-13-21-14-12-20-10-8-17(6-3)15-18;1-4-14(5-2)7-9-17-11-12-18-10-8-15(6-3)13-16;1-4-14(5-2)11-9-7-8-10-12-15(6-3)13-16;1-4-12(5-2)7-9-15-10-8-13(6-3)11-14;1-4-12(5-2)9-7-8-10-13(6-3)11-14/h4-6,15H,1-3,7-14H2;4-6,13H,1-3,7-12H2;4-6,13H,1-3,7-12H2;4-6,11H,1-3,7-10H2;4-6,11H,1-3,7-10H2. The molecule has 0 unspecified atom stereocenters. The molecule has 0 aromatic carbocycles. The van der Waals surface area contributed by atoms with Crippen LogP contribution in [0.2, 0.25) is 0 Å². The molecule has 0 aliphatic rings. The van der Waals surface area contributed by atoms with Crippen LogP contribution in [0.5, 0.6) is 0 Å². The van der Waals surface area contributed by atoms with Gasteiger partial charge in [0.15, 0.2) is 0 Å². The number of amides is 5. The van der Waals surface area contributed by atoms with Gasteiger partial charge < -0.3 is 77.4 Å². The predicted octanol–water partition coefficient (Wildman–Crippen LogP) is 8.33. The van der Waals surface area contributed by atoms with Crippen molar-refractivity contribution in [2.24, 2.45) is 0 Å². The number of hydrogen-bond acceptors (Lipinski definition) is 16. The maximum Gasteiger partial charge on any atom is 0.213 e. The summed E-state index contributed by atoms with van der Waals surface area (Å²) in [6.07, 6.45) is 34.7. The van der Waals surface area contributed by atoms with Crippen LogP contribution in [0.1, 0.15) is 38.5 Å². The summed E-state index contributed by atoms with van der Waals surface area (Å²) in [5.74, 6) is 0. The van der Waals surface area contributed by atoms with Crippen molar-refractivity contribution in [3.8, 4) is 0 Å². The summed E-state index contributed by atoms with van der Waals surface area (Å²) in [6, 6.07) is 0. The van der Waals surface area contributed by atoms with Crippen molar-refractivity contribution in [2.75, 3.05) is 145 Å². The average molecular weight is 1180 g/mol. The first-order chi connectivity index (χ1) is 40.9. The van der Waals surface area contributed by atoms with Crippen molar-refractivity contribution in [3.05, 3.63) is 192 Å². The van der Waals surface area contributed by atoms with Gasteiger partial charge in [0, 0.05) is 65.4 Å². The summed E-state index contributed by atoms with van der Waals surface area (Å²) < 4.78 is 32.0. The van der Waals surface area contributed by atoms with Gasteiger partial charge in [0.05, 0.1) is 79.3 Å². The SMILES string of the molecule is C=CN(C=C)CCCCCCN(C=C)C=O.C=CN(C=C)CCCCN(C=C)C=O.C=CN(C=C)CCOCCN(C=C)C=O.C=CN(C=C)CCOCCOCCN(C=C)C=O.C=CN(C=C)CCOCCOCCOCCN(C=C)C=O. The molecule has 0 aliphatic carbocycles. The van der Waals surface area contributed by atoms with Gasteiger partial charge in [0.2, 0.25) is 32.1 Å². The summed E-state index contributed by atoms with van der Waals surface area (Å²) in [6.45, 7) is 67.4. The molecular weight excluding hydrogens is 1070 g/mol. The number of carbonyl (C=O) groups is 5. The lowest BCUT2D eigenvalue weighted by atomic mass is 10.2. The lowest BCUT2D eigenvalue weighted by Gasteiger charge is -2.15. The topological polar surface area (TPSA) is 173 Å². The molecule has 0 aliphatic heterocycles. The van der Waals surface area contributed by atoms with Crippen molar-refractivity contribution in [1.29, 1.82) is 0 Å². The Morgan fingerprint density at radius 1 is 0.179 bits per heavy atom. The zero-order chi connectivity index (χ0) is 64.0. The third-order valence-electron chi connectivity index (χ3n) is 10.9. The Bertz CT molecular complexity index is 1570. The second kappa shape index (κ2) is 71.3. The molecule has 21 nitrogen and oxygen atoms in total. The zero-order valence-corrected chi connectivity index (χ0v) is 50.9. The molecule has 0 saturated heterocycles. The number of ether oxygens (including phenoxy) is 6. The van der Waals surface area contributed by atoms with Crippen LogP contribution < -0.4 is 0 Å². The maximum absolute atomic E-state index is 10.5. The number of nitrogens with zero attached hydrogens (tertiary/aromatic N) is 10. The van der Waals surface area contributed by atoms with E-state index in [1.807, 2.05) is 24.5 Å². The van der Waals surface area contributed by atoms with Crippen LogP contribution >= 0.6 is 0 Å². The Morgan fingerprint density at radius 2 is 0.310 bits per heavy atom. The van der Waals surface area contributed by atoms with E-state index in [1.165, 1.54) is 44.4 Å². The zero-order valence-electron chi connectivity index (χ0n) is 50.9. The van der Waals surface area contributed by atoms with E-state index >= 15 is 0 Å². The van der Waals surface area contributed by atoms with Gasteiger partial charge >= 0.3 is 0 Å². The minimum Gasteiger partial charge on any atom is -0.378 e. The van der Waals surface area contributed by atoms with Gasteiger partial charge in [-0.05, 0) is 119 Å². The third kappa shape index (κ3) is 60.3.